The number of rotatable bonds is 4. The lowest BCUT2D eigenvalue weighted by molar-refractivity contribution is 0.0773. The van der Waals surface area contributed by atoms with E-state index in [1.807, 2.05) is 19.1 Å². The fourth-order valence-electron chi connectivity index (χ4n) is 3.35. The van der Waals surface area contributed by atoms with Crippen LogP contribution in [-0.2, 0) is 15.0 Å². The van der Waals surface area contributed by atoms with Gasteiger partial charge in [0.15, 0.2) is 0 Å². The molecule has 0 radical (unpaired) electrons. The smallest absolute Gasteiger partial charge is 0.339 e. The lowest BCUT2D eigenvalue weighted by Gasteiger charge is -2.11. The lowest BCUT2D eigenvalue weighted by atomic mass is 9.95. The molecule has 0 N–H and O–H groups in total. The zero-order valence-corrected chi connectivity index (χ0v) is 15.4. The quantitative estimate of drug-likeness (QED) is 0.771. The van der Waals surface area contributed by atoms with Gasteiger partial charge in [-0.05, 0) is 50.4 Å². The molecular formula is C19H20N2O4S. The number of aryl methyl sites for hydroxylation is 1. The van der Waals surface area contributed by atoms with Crippen LogP contribution in [-0.4, -0.2) is 45.3 Å². The SMILES string of the molecule is Cc1ccc(S(=O)(=O)Oc2ccc(C3=NOC4CN(C)CC34)cc2)cc1. The van der Waals surface area contributed by atoms with Crippen LogP contribution >= 0.6 is 0 Å². The van der Waals surface area contributed by atoms with Gasteiger partial charge in [-0.1, -0.05) is 22.9 Å². The van der Waals surface area contributed by atoms with Crippen molar-refractivity contribution < 1.29 is 17.4 Å². The molecular weight excluding hydrogens is 352 g/mol. The van der Waals surface area contributed by atoms with Crippen LogP contribution < -0.4 is 4.18 Å². The van der Waals surface area contributed by atoms with Crippen LogP contribution in [0, 0.1) is 12.8 Å². The molecule has 0 spiro atoms. The molecule has 6 nitrogen and oxygen atoms in total. The van der Waals surface area contributed by atoms with Gasteiger partial charge in [-0.3, -0.25) is 0 Å². The van der Waals surface area contributed by atoms with Gasteiger partial charge in [-0.25, -0.2) is 0 Å². The summed E-state index contributed by atoms with van der Waals surface area (Å²) >= 11 is 0. The summed E-state index contributed by atoms with van der Waals surface area (Å²) in [5.41, 5.74) is 2.82. The minimum atomic E-state index is -3.85. The third-order valence-electron chi connectivity index (χ3n) is 4.75. The highest BCUT2D eigenvalue weighted by Gasteiger charge is 2.41. The zero-order chi connectivity index (χ0) is 18.3. The molecule has 0 aliphatic carbocycles. The molecule has 136 valence electrons. The normalized spacial score (nSPS) is 22.6. The molecule has 2 heterocycles. The topological polar surface area (TPSA) is 68.2 Å². The summed E-state index contributed by atoms with van der Waals surface area (Å²) in [5, 5.41) is 4.22. The van der Waals surface area contributed by atoms with Crippen LogP contribution in [0.2, 0.25) is 0 Å². The minimum Gasteiger partial charge on any atom is -0.390 e. The molecule has 0 saturated carbocycles. The zero-order valence-electron chi connectivity index (χ0n) is 14.6. The molecule has 0 bridgehead atoms. The van der Waals surface area contributed by atoms with E-state index >= 15 is 0 Å². The van der Waals surface area contributed by atoms with E-state index in [0.717, 1.165) is 29.9 Å². The first-order valence-corrected chi connectivity index (χ1v) is 9.87. The van der Waals surface area contributed by atoms with E-state index in [0.29, 0.717) is 0 Å². The fourth-order valence-corrected chi connectivity index (χ4v) is 4.28. The molecule has 1 saturated heterocycles. The van der Waals surface area contributed by atoms with Crippen molar-refractivity contribution in [2.75, 3.05) is 20.1 Å². The van der Waals surface area contributed by atoms with Gasteiger partial charge in [0.05, 0.1) is 11.6 Å². The monoisotopic (exact) mass is 372 g/mol. The average Bonchev–Trinajstić information content (AvgIpc) is 3.15. The molecule has 2 aliphatic rings. The summed E-state index contributed by atoms with van der Waals surface area (Å²) in [7, 11) is -1.78. The first kappa shape index (κ1) is 17.1. The first-order chi connectivity index (χ1) is 12.4. The van der Waals surface area contributed by atoms with E-state index in [-0.39, 0.29) is 22.7 Å². The first-order valence-electron chi connectivity index (χ1n) is 8.46. The summed E-state index contributed by atoms with van der Waals surface area (Å²) in [6.45, 7) is 3.68. The second-order valence-electron chi connectivity index (χ2n) is 6.82. The molecule has 0 aromatic heterocycles. The predicted octanol–water partition coefficient (Wildman–Crippen LogP) is 2.43. The third-order valence-corrected chi connectivity index (χ3v) is 6.01. The fraction of sp³-hybridized carbons (Fsp3) is 0.316. The predicted molar refractivity (Wildman–Crippen MR) is 97.8 cm³/mol. The van der Waals surface area contributed by atoms with Gasteiger partial charge in [0.2, 0.25) is 0 Å². The van der Waals surface area contributed by atoms with Crippen molar-refractivity contribution in [3.8, 4) is 5.75 Å². The van der Waals surface area contributed by atoms with Crippen LogP contribution in [0.5, 0.6) is 5.75 Å². The molecule has 7 heteroatoms. The average molecular weight is 372 g/mol. The van der Waals surface area contributed by atoms with Crippen LogP contribution in [0.4, 0.5) is 0 Å². The van der Waals surface area contributed by atoms with E-state index in [9.17, 15) is 8.42 Å². The van der Waals surface area contributed by atoms with Gasteiger partial charge in [0.25, 0.3) is 0 Å². The Morgan fingerprint density at radius 1 is 1.08 bits per heavy atom. The molecule has 26 heavy (non-hydrogen) atoms. The summed E-state index contributed by atoms with van der Waals surface area (Å²) in [6, 6.07) is 13.5. The Hall–Kier alpha value is -2.38. The molecule has 2 atom stereocenters. The van der Waals surface area contributed by atoms with E-state index < -0.39 is 10.1 Å². The highest BCUT2D eigenvalue weighted by Crippen LogP contribution is 2.30. The number of fused-ring (bicyclic) bond motifs is 1. The molecule has 2 aromatic carbocycles. The standard InChI is InChI=1S/C19H20N2O4S/c1-13-3-9-16(10-4-13)26(22,23)25-15-7-5-14(6-8-15)19-17-11-21(2)12-18(17)24-20-19/h3-10,17-18H,11-12H2,1-2H3. The second-order valence-corrected chi connectivity index (χ2v) is 8.37. The van der Waals surface area contributed by atoms with Crippen LogP contribution in [0.1, 0.15) is 11.1 Å². The second kappa shape index (κ2) is 6.41. The highest BCUT2D eigenvalue weighted by molar-refractivity contribution is 7.87. The number of likely N-dealkylation sites (tertiary alicyclic amines) is 1. The van der Waals surface area contributed by atoms with Crippen LogP contribution in [0.3, 0.4) is 0 Å². The molecule has 0 amide bonds. The van der Waals surface area contributed by atoms with Gasteiger partial charge >= 0.3 is 10.1 Å². The van der Waals surface area contributed by atoms with Gasteiger partial charge in [-0.15, -0.1) is 0 Å². The van der Waals surface area contributed by atoms with E-state index in [2.05, 4.69) is 17.1 Å². The van der Waals surface area contributed by atoms with Crippen molar-refractivity contribution in [2.45, 2.75) is 17.9 Å². The van der Waals surface area contributed by atoms with E-state index in [1.165, 1.54) is 0 Å². The van der Waals surface area contributed by atoms with Crippen LogP contribution in [0.15, 0.2) is 58.6 Å². The van der Waals surface area contributed by atoms with Crippen molar-refractivity contribution >= 4 is 15.8 Å². The van der Waals surface area contributed by atoms with Crippen LogP contribution in [0.25, 0.3) is 0 Å². The Morgan fingerprint density at radius 2 is 1.77 bits per heavy atom. The van der Waals surface area contributed by atoms with Crippen molar-refractivity contribution in [2.24, 2.45) is 11.1 Å². The Bertz CT molecular complexity index is 937. The lowest BCUT2D eigenvalue weighted by Crippen LogP contribution is -2.21. The summed E-state index contributed by atoms with van der Waals surface area (Å²) in [6.07, 6.45) is 0.104. The molecule has 4 rings (SSSR count). The van der Waals surface area contributed by atoms with Gasteiger partial charge < -0.3 is 13.9 Å². The maximum Gasteiger partial charge on any atom is 0.339 e. The van der Waals surface area contributed by atoms with Crippen molar-refractivity contribution in [3.63, 3.8) is 0 Å². The largest absolute Gasteiger partial charge is 0.390 e. The Labute approximate surface area is 153 Å². The van der Waals surface area contributed by atoms with E-state index in [4.69, 9.17) is 9.02 Å². The molecule has 2 aliphatic heterocycles. The third kappa shape index (κ3) is 3.20. The maximum atomic E-state index is 12.4. The number of hydrogen-bond donors (Lipinski definition) is 0. The number of oxime groups is 1. The van der Waals surface area contributed by atoms with E-state index in [1.54, 1.807) is 36.4 Å². The number of nitrogens with zero attached hydrogens (tertiary/aromatic N) is 2. The highest BCUT2D eigenvalue weighted by atomic mass is 32.2. The summed E-state index contributed by atoms with van der Waals surface area (Å²) < 4.78 is 30.0. The minimum absolute atomic E-state index is 0.104. The molecule has 2 unspecified atom stereocenters. The Kier molecular flexibility index (Phi) is 4.20. The van der Waals surface area contributed by atoms with Gasteiger partial charge in [-0.2, -0.15) is 8.42 Å². The van der Waals surface area contributed by atoms with Crippen molar-refractivity contribution in [1.82, 2.24) is 4.90 Å². The summed E-state index contributed by atoms with van der Waals surface area (Å²) in [5.74, 6) is 0.525. The molecule has 1 fully saturated rings. The molecule has 2 aromatic rings. The summed E-state index contributed by atoms with van der Waals surface area (Å²) in [4.78, 5) is 7.87. The van der Waals surface area contributed by atoms with Crippen molar-refractivity contribution in [3.05, 3.63) is 59.7 Å². The number of likely N-dealkylation sites (N-methyl/N-ethyl adjacent to an activating group) is 1. The Balaban J connectivity index is 1.51. The Morgan fingerprint density at radius 3 is 2.46 bits per heavy atom. The van der Waals surface area contributed by atoms with Gasteiger partial charge in [0, 0.05) is 18.7 Å². The number of hydrogen-bond acceptors (Lipinski definition) is 6. The number of benzene rings is 2. The maximum absolute atomic E-state index is 12.4. The van der Waals surface area contributed by atoms with Gasteiger partial charge in [0.1, 0.15) is 16.7 Å². The van der Waals surface area contributed by atoms with Crippen molar-refractivity contribution in [1.29, 1.82) is 0 Å².